The molecule has 1 aromatic carbocycles. The van der Waals surface area contributed by atoms with Gasteiger partial charge < -0.3 is 20.2 Å². The number of rotatable bonds is 4. The lowest BCUT2D eigenvalue weighted by atomic mass is 9.86. The number of pyridine rings is 1. The summed E-state index contributed by atoms with van der Waals surface area (Å²) in [7, 11) is 2.14. The summed E-state index contributed by atoms with van der Waals surface area (Å²) in [5, 5.41) is 13.7. The average Bonchev–Trinajstić information content (AvgIpc) is 3.03. The third-order valence-corrected chi connectivity index (χ3v) is 6.47. The summed E-state index contributed by atoms with van der Waals surface area (Å²) in [6.45, 7) is 7.17. The van der Waals surface area contributed by atoms with Crippen LogP contribution >= 0.6 is 12.2 Å². The van der Waals surface area contributed by atoms with Gasteiger partial charge in [-0.15, -0.1) is 0 Å². The summed E-state index contributed by atoms with van der Waals surface area (Å²) in [6.07, 6.45) is 4.13. The Morgan fingerprint density at radius 1 is 1.24 bits per heavy atom. The van der Waals surface area contributed by atoms with E-state index >= 15 is 0 Å². The number of nitrogens with one attached hydrogen (secondary N) is 1. The minimum Gasteiger partial charge on any atom is -0.395 e. The molecule has 2 aliphatic heterocycles. The number of aliphatic hydroxyl groups is 1. The van der Waals surface area contributed by atoms with E-state index in [2.05, 4.69) is 72.2 Å². The summed E-state index contributed by atoms with van der Waals surface area (Å²) in [5.74, 6) is 0. The van der Waals surface area contributed by atoms with Gasteiger partial charge in [-0.1, -0.05) is 18.2 Å². The minimum atomic E-state index is -0.0599. The molecule has 0 bridgehead atoms. The number of benzene rings is 1. The van der Waals surface area contributed by atoms with Crippen LogP contribution < -0.4 is 10.2 Å². The first kappa shape index (κ1) is 19.9. The fourth-order valence-electron chi connectivity index (χ4n) is 4.48. The van der Waals surface area contributed by atoms with Crippen molar-refractivity contribution in [1.82, 2.24) is 15.2 Å². The maximum atomic E-state index is 9.63. The van der Waals surface area contributed by atoms with Gasteiger partial charge in [0.2, 0.25) is 0 Å². The molecule has 1 saturated heterocycles. The number of nitrogens with zero attached hydrogens (tertiary/aromatic N) is 3. The third-order valence-electron chi connectivity index (χ3n) is 6.12. The van der Waals surface area contributed by atoms with Crippen LogP contribution in [0.5, 0.6) is 0 Å². The van der Waals surface area contributed by atoms with Crippen LogP contribution in [0, 0.1) is 0 Å². The fraction of sp³-hybridized carbons (Fsp3) is 0.391. The molecule has 2 atom stereocenters. The first-order chi connectivity index (χ1) is 13.8. The molecule has 1 fully saturated rings. The Kier molecular flexibility index (Phi) is 5.09. The average molecular weight is 409 g/mol. The smallest absolute Gasteiger partial charge is 0.170 e. The van der Waals surface area contributed by atoms with Crippen LogP contribution in [0.3, 0.4) is 0 Å². The summed E-state index contributed by atoms with van der Waals surface area (Å²) in [4.78, 5) is 8.96. The third kappa shape index (κ3) is 3.40. The molecule has 0 unspecified atom stereocenters. The molecule has 152 valence electrons. The van der Waals surface area contributed by atoms with E-state index in [0.717, 1.165) is 5.69 Å². The SMILES string of the molecule is CC1=CC(C)(C)N(C)c2ccc([C@@H]3[C@H](c4ccccn4)NC(=S)N3CCO)cc21. The fourth-order valence-corrected chi connectivity index (χ4v) is 4.81. The number of allylic oxidation sites excluding steroid dienone is 1. The van der Waals surface area contributed by atoms with Crippen molar-refractivity contribution in [3.05, 3.63) is 65.5 Å². The van der Waals surface area contributed by atoms with Gasteiger partial charge in [-0.3, -0.25) is 4.98 Å². The molecule has 0 amide bonds. The summed E-state index contributed by atoms with van der Waals surface area (Å²) in [5.41, 5.74) is 5.85. The van der Waals surface area contributed by atoms with Crippen LogP contribution in [0.1, 0.15) is 49.7 Å². The first-order valence-electron chi connectivity index (χ1n) is 10.00. The van der Waals surface area contributed by atoms with E-state index in [4.69, 9.17) is 12.2 Å². The number of aliphatic hydroxyl groups excluding tert-OH is 1. The highest BCUT2D eigenvalue weighted by molar-refractivity contribution is 7.80. The Bertz CT molecular complexity index is 957. The second kappa shape index (κ2) is 7.43. The van der Waals surface area contributed by atoms with Gasteiger partial charge in [-0.05, 0) is 68.4 Å². The predicted octanol–water partition coefficient (Wildman–Crippen LogP) is 3.68. The molecule has 29 heavy (non-hydrogen) atoms. The zero-order chi connectivity index (χ0) is 20.8. The number of aromatic nitrogens is 1. The van der Waals surface area contributed by atoms with E-state index in [9.17, 15) is 5.11 Å². The van der Waals surface area contributed by atoms with Crippen molar-refractivity contribution in [3.8, 4) is 0 Å². The van der Waals surface area contributed by atoms with Gasteiger partial charge in [0.15, 0.2) is 5.11 Å². The Morgan fingerprint density at radius 3 is 2.72 bits per heavy atom. The molecule has 0 aliphatic carbocycles. The van der Waals surface area contributed by atoms with Crippen molar-refractivity contribution in [3.63, 3.8) is 0 Å². The second-order valence-electron chi connectivity index (χ2n) is 8.36. The van der Waals surface area contributed by atoms with Crippen molar-refractivity contribution in [2.24, 2.45) is 0 Å². The number of thiocarbonyl (C=S) groups is 1. The largest absolute Gasteiger partial charge is 0.395 e. The van der Waals surface area contributed by atoms with Crippen LogP contribution in [-0.4, -0.2) is 45.8 Å². The number of hydrogen-bond acceptors (Lipinski definition) is 4. The Morgan fingerprint density at radius 2 is 2.03 bits per heavy atom. The molecule has 0 radical (unpaired) electrons. The molecular formula is C23H28N4OS. The highest BCUT2D eigenvalue weighted by atomic mass is 32.1. The van der Waals surface area contributed by atoms with E-state index in [1.807, 2.05) is 24.4 Å². The van der Waals surface area contributed by atoms with E-state index < -0.39 is 0 Å². The lowest BCUT2D eigenvalue weighted by Gasteiger charge is -2.41. The van der Waals surface area contributed by atoms with Gasteiger partial charge in [-0.25, -0.2) is 0 Å². The monoisotopic (exact) mass is 408 g/mol. The van der Waals surface area contributed by atoms with E-state index in [1.54, 1.807) is 0 Å². The van der Waals surface area contributed by atoms with Crippen LogP contribution in [0.4, 0.5) is 5.69 Å². The molecule has 2 aliphatic rings. The maximum absolute atomic E-state index is 9.63. The van der Waals surface area contributed by atoms with E-state index in [-0.39, 0.29) is 24.2 Å². The Hall–Kier alpha value is -2.44. The van der Waals surface area contributed by atoms with Gasteiger partial charge >= 0.3 is 0 Å². The van der Waals surface area contributed by atoms with Crippen molar-refractivity contribution in [2.45, 2.75) is 38.4 Å². The Labute approximate surface area is 178 Å². The highest BCUT2D eigenvalue weighted by Crippen LogP contribution is 2.43. The lowest BCUT2D eigenvalue weighted by molar-refractivity contribution is 0.223. The molecule has 5 nitrogen and oxygen atoms in total. The lowest BCUT2D eigenvalue weighted by Crippen LogP contribution is -2.42. The minimum absolute atomic E-state index is 0.0193. The zero-order valence-electron chi connectivity index (χ0n) is 17.4. The standard InChI is InChI=1S/C23H28N4OS/c1-15-14-23(2,3)26(4)19-9-8-16(13-17(15)19)21-20(18-7-5-6-10-24-18)25-22(29)27(21)11-12-28/h5-10,13-14,20-21,28H,11-12H2,1-4H3,(H,25,29)/t20-,21+/m0/s1. The quantitative estimate of drug-likeness (QED) is 0.753. The molecule has 6 heteroatoms. The molecule has 0 spiro atoms. The number of β-amino-alcohol motifs (C(OH)–C–C–N with tert-alkyl or cyclic N) is 1. The molecule has 4 rings (SSSR count). The van der Waals surface area contributed by atoms with Crippen molar-refractivity contribution in [2.75, 3.05) is 25.1 Å². The Balaban J connectivity index is 1.80. The molecule has 2 aromatic rings. The van der Waals surface area contributed by atoms with Crippen molar-refractivity contribution in [1.29, 1.82) is 0 Å². The first-order valence-corrected chi connectivity index (χ1v) is 10.4. The predicted molar refractivity (Wildman–Crippen MR) is 122 cm³/mol. The van der Waals surface area contributed by atoms with Crippen LogP contribution in [0.15, 0.2) is 48.7 Å². The topological polar surface area (TPSA) is 51.6 Å². The van der Waals surface area contributed by atoms with Crippen molar-refractivity contribution >= 4 is 28.6 Å². The second-order valence-corrected chi connectivity index (χ2v) is 8.75. The molecular weight excluding hydrogens is 380 g/mol. The van der Waals surface area contributed by atoms with Gasteiger partial charge in [-0.2, -0.15) is 0 Å². The number of likely N-dealkylation sites (N-methyl/N-ethyl adjacent to an activating group) is 1. The molecule has 3 heterocycles. The summed E-state index contributed by atoms with van der Waals surface area (Å²) >= 11 is 5.61. The van der Waals surface area contributed by atoms with Gasteiger partial charge in [0.1, 0.15) is 0 Å². The molecule has 2 N–H and O–H groups in total. The molecule has 1 aromatic heterocycles. The van der Waals surface area contributed by atoms with Crippen LogP contribution in [-0.2, 0) is 0 Å². The zero-order valence-corrected chi connectivity index (χ0v) is 18.2. The number of anilines is 1. The normalized spacial score (nSPS) is 22.9. The summed E-state index contributed by atoms with van der Waals surface area (Å²) < 4.78 is 0. The maximum Gasteiger partial charge on any atom is 0.170 e. The van der Waals surface area contributed by atoms with E-state index in [1.165, 1.54) is 22.4 Å². The number of hydrogen-bond donors (Lipinski definition) is 2. The molecule has 0 saturated carbocycles. The van der Waals surface area contributed by atoms with Crippen LogP contribution in [0.25, 0.3) is 5.57 Å². The highest BCUT2D eigenvalue weighted by Gasteiger charge is 2.40. The summed E-state index contributed by atoms with van der Waals surface area (Å²) in [6, 6.07) is 12.5. The van der Waals surface area contributed by atoms with Crippen molar-refractivity contribution < 1.29 is 5.11 Å². The van der Waals surface area contributed by atoms with Crippen LogP contribution in [0.2, 0.25) is 0 Å². The number of fused-ring (bicyclic) bond motifs is 1. The van der Waals surface area contributed by atoms with Gasteiger partial charge in [0.25, 0.3) is 0 Å². The van der Waals surface area contributed by atoms with Gasteiger partial charge in [0.05, 0.1) is 29.9 Å². The van der Waals surface area contributed by atoms with Gasteiger partial charge in [0, 0.05) is 31.0 Å². The van der Waals surface area contributed by atoms with E-state index in [0.29, 0.717) is 11.7 Å².